The third kappa shape index (κ3) is 3.00. The van der Waals surface area contributed by atoms with Crippen molar-refractivity contribution in [3.05, 3.63) is 51.3 Å². The zero-order valence-corrected chi connectivity index (χ0v) is 15.3. The maximum absolute atomic E-state index is 11.5. The van der Waals surface area contributed by atoms with Crippen molar-refractivity contribution < 1.29 is 9.21 Å². The number of rotatable bonds is 4. The summed E-state index contributed by atoms with van der Waals surface area (Å²) < 4.78 is 5.63. The fourth-order valence-corrected chi connectivity index (χ4v) is 4.47. The molecule has 0 atom stereocenters. The third-order valence-electron chi connectivity index (χ3n) is 4.37. The minimum absolute atomic E-state index is 0.213. The van der Waals surface area contributed by atoms with E-state index in [1.54, 1.807) is 29.5 Å². The number of nitriles is 1. The molecule has 5 nitrogen and oxygen atoms in total. The number of fused-ring (bicyclic) bond motifs is 2. The van der Waals surface area contributed by atoms with E-state index in [0.29, 0.717) is 28.0 Å². The van der Waals surface area contributed by atoms with Crippen molar-refractivity contribution in [2.24, 2.45) is 0 Å². The Morgan fingerprint density at radius 1 is 1.38 bits per heavy atom. The van der Waals surface area contributed by atoms with E-state index < -0.39 is 0 Å². The number of oxazole rings is 1. The van der Waals surface area contributed by atoms with Crippen molar-refractivity contribution in [2.75, 3.05) is 5.32 Å². The van der Waals surface area contributed by atoms with Gasteiger partial charge in [-0.3, -0.25) is 4.79 Å². The number of nitrogens with one attached hydrogen (secondary N) is 1. The number of thiophene rings is 1. The minimum Gasteiger partial charge on any atom is -0.436 e. The Labute approximate surface area is 158 Å². The molecule has 1 aliphatic carbocycles. The van der Waals surface area contributed by atoms with Crippen LogP contribution in [0.4, 0.5) is 5.00 Å². The molecule has 0 aliphatic heterocycles. The molecule has 1 N–H and O–H groups in total. The van der Waals surface area contributed by atoms with Gasteiger partial charge in [-0.05, 0) is 49.4 Å². The molecular weight excluding hydrogens is 370 g/mol. The van der Waals surface area contributed by atoms with Crippen molar-refractivity contribution in [1.82, 2.24) is 4.98 Å². The predicted octanol–water partition coefficient (Wildman–Crippen LogP) is 4.95. The smallest absolute Gasteiger partial charge is 0.232 e. The summed E-state index contributed by atoms with van der Waals surface area (Å²) in [5, 5.41) is 13.9. The van der Waals surface area contributed by atoms with Crippen molar-refractivity contribution >= 4 is 50.9 Å². The summed E-state index contributed by atoms with van der Waals surface area (Å²) in [6, 6.07) is 7.39. The highest BCUT2D eigenvalue weighted by Gasteiger charge is 2.20. The van der Waals surface area contributed by atoms with E-state index in [1.165, 1.54) is 11.1 Å². The lowest BCUT2D eigenvalue weighted by atomic mass is 9.96. The largest absolute Gasteiger partial charge is 0.436 e. The first kappa shape index (κ1) is 16.8. The Morgan fingerprint density at radius 3 is 3.04 bits per heavy atom. The molecule has 0 unspecified atom stereocenters. The van der Waals surface area contributed by atoms with Crippen LogP contribution in [0, 0.1) is 11.3 Å². The van der Waals surface area contributed by atoms with Gasteiger partial charge in [-0.15, -0.1) is 11.3 Å². The second kappa shape index (κ2) is 6.94. The Hall–Kier alpha value is -2.62. The number of aryl methyl sites for hydroxylation is 1. The molecule has 2 heterocycles. The number of halogens is 1. The third-order valence-corrected chi connectivity index (χ3v) is 5.82. The molecule has 0 spiro atoms. The number of hydrogen-bond donors (Lipinski definition) is 1. The molecule has 4 rings (SSSR count). The molecule has 26 heavy (non-hydrogen) atoms. The normalized spacial score (nSPS) is 14.1. The van der Waals surface area contributed by atoms with Crippen molar-refractivity contribution in [3.8, 4) is 6.07 Å². The van der Waals surface area contributed by atoms with Crippen LogP contribution >= 0.6 is 22.9 Å². The molecule has 0 saturated heterocycles. The molecule has 1 aliphatic rings. The topological polar surface area (TPSA) is 78.9 Å². The second-order valence-electron chi connectivity index (χ2n) is 6.02. The molecule has 0 radical (unpaired) electrons. The molecule has 7 heteroatoms. The molecule has 0 saturated carbocycles. The van der Waals surface area contributed by atoms with Gasteiger partial charge in [0.05, 0.1) is 11.1 Å². The van der Waals surface area contributed by atoms with Gasteiger partial charge >= 0.3 is 0 Å². The lowest BCUT2D eigenvalue weighted by molar-refractivity contribution is -0.103. The maximum Gasteiger partial charge on any atom is 0.232 e. The van der Waals surface area contributed by atoms with E-state index in [-0.39, 0.29) is 11.5 Å². The summed E-state index contributed by atoms with van der Waals surface area (Å²) in [6.07, 6.45) is 6.42. The van der Waals surface area contributed by atoms with E-state index >= 15 is 0 Å². The van der Waals surface area contributed by atoms with Gasteiger partial charge in [-0.2, -0.15) is 5.26 Å². The monoisotopic (exact) mass is 383 g/mol. The summed E-state index contributed by atoms with van der Waals surface area (Å²) in [4.78, 5) is 17.1. The number of aldehydes is 1. The first-order chi connectivity index (χ1) is 12.7. The molecule has 0 amide bonds. The number of carbonyl (C=O) groups excluding carboxylic acids is 1. The van der Waals surface area contributed by atoms with Crippen molar-refractivity contribution in [2.45, 2.75) is 25.7 Å². The van der Waals surface area contributed by atoms with E-state index in [0.717, 1.165) is 36.2 Å². The van der Waals surface area contributed by atoms with E-state index in [9.17, 15) is 10.1 Å². The number of anilines is 1. The van der Waals surface area contributed by atoms with Gasteiger partial charge in [0.25, 0.3) is 0 Å². The van der Waals surface area contributed by atoms with Crippen LogP contribution in [0.25, 0.3) is 16.7 Å². The summed E-state index contributed by atoms with van der Waals surface area (Å²) in [5.74, 6) is 0.213. The minimum atomic E-state index is 0.213. The molecule has 3 aromatic rings. The predicted molar refractivity (Wildman–Crippen MR) is 102 cm³/mol. The standard InChI is InChI=1S/C19H14ClN3O2S/c20-12-5-6-16-15(7-12)23-18(25-16)11(10-24)9-22-19-14(8-21)13-3-1-2-4-17(13)26-19/h5-7,9-10,22H,1-4H2/b11-9-. The molecular formula is C19H14ClN3O2S. The van der Waals surface area contributed by atoms with Crippen LogP contribution in [0.1, 0.15) is 34.7 Å². The van der Waals surface area contributed by atoms with E-state index in [2.05, 4.69) is 16.4 Å². The van der Waals surface area contributed by atoms with E-state index in [1.807, 2.05) is 0 Å². The van der Waals surface area contributed by atoms with Gasteiger partial charge in [-0.25, -0.2) is 4.98 Å². The van der Waals surface area contributed by atoms with Gasteiger partial charge < -0.3 is 9.73 Å². The van der Waals surface area contributed by atoms with Crippen LogP contribution in [0.15, 0.2) is 28.8 Å². The average molecular weight is 384 g/mol. The Balaban J connectivity index is 1.67. The lowest BCUT2D eigenvalue weighted by Crippen LogP contribution is -2.00. The summed E-state index contributed by atoms with van der Waals surface area (Å²) in [5.41, 5.74) is 3.23. The van der Waals surface area contributed by atoms with Gasteiger partial charge in [0.1, 0.15) is 16.6 Å². The van der Waals surface area contributed by atoms with Crippen molar-refractivity contribution in [3.63, 3.8) is 0 Å². The number of hydrogen-bond acceptors (Lipinski definition) is 6. The van der Waals surface area contributed by atoms with E-state index in [4.69, 9.17) is 16.0 Å². The van der Waals surface area contributed by atoms with Crippen LogP contribution in [-0.4, -0.2) is 11.3 Å². The molecule has 130 valence electrons. The van der Waals surface area contributed by atoms with Gasteiger partial charge in [0, 0.05) is 16.1 Å². The number of aromatic nitrogens is 1. The summed E-state index contributed by atoms with van der Waals surface area (Å²) in [6.45, 7) is 0. The highest BCUT2D eigenvalue weighted by molar-refractivity contribution is 7.16. The fraction of sp³-hybridized carbons (Fsp3) is 0.211. The van der Waals surface area contributed by atoms with Gasteiger partial charge in [0.2, 0.25) is 5.89 Å². The van der Waals surface area contributed by atoms with Crippen LogP contribution in [0.2, 0.25) is 5.02 Å². The summed E-state index contributed by atoms with van der Waals surface area (Å²) in [7, 11) is 0. The zero-order valence-electron chi connectivity index (χ0n) is 13.7. The van der Waals surface area contributed by atoms with Crippen LogP contribution in [0.5, 0.6) is 0 Å². The molecule has 2 aromatic heterocycles. The highest BCUT2D eigenvalue weighted by atomic mass is 35.5. The molecule has 0 bridgehead atoms. The highest BCUT2D eigenvalue weighted by Crippen LogP contribution is 2.37. The summed E-state index contributed by atoms with van der Waals surface area (Å²) >= 11 is 7.54. The first-order valence-corrected chi connectivity index (χ1v) is 9.42. The van der Waals surface area contributed by atoms with Gasteiger partial charge in [-0.1, -0.05) is 11.6 Å². The Kier molecular flexibility index (Phi) is 4.49. The number of nitrogens with zero attached hydrogens (tertiary/aromatic N) is 2. The van der Waals surface area contributed by atoms with Crippen LogP contribution < -0.4 is 5.32 Å². The number of allylic oxidation sites excluding steroid dienone is 1. The van der Waals surface area contributed by atoms with Gasteiger partial charge in [0.15, 0.2) is 11.9 Å². The molecule has 1 aromatic carbocycles. The quantitative estimate of drug-likeness (QED) is 0.509. The van der Waals surface area contributed by atoms with Crippen molar-refractivity contribution in [1.29, 1.82) is 5.26 Å². The van der Waals surface area contributed by atoms with Crippen LogP contribution in [-0.2, 0) is 17.6 Å². The maximum atomic E-state index is 11.5. The number of carbonyl (C=O) groups is 1. The second-order valence-corrected chi connectivity index (χ2v) is 7.56. The SMILES string of the molecule is N#Cc1c(N/C=C(/C=O)c2nc3cc(Cl)ccc3o2)sc2c1CCCC2. The average Bonchev–Trinajstić information content (AvgIpc) is 3.22. The zero-order chi connectivity index (χ0) is 18.1. The number of benzene rings is 1. The van der Waals surface area contributed by atoms with Crippen LogP contribution in [0.3, 0.4) is 0 Å². The fourth-order valence-electron chi connectivity index (χ4n) is 3.10. The molecule has 0 fully saturated rings. The first-order valence-electron chi connectivity index (χ1n) is 8.22. The lowest BCUT2D eigenvalue weighted by Gasteiger charge is -2.09. The Morgan fingerprint density at radius 2 is 2.23 bits per heavy atom. The Bertz CT molecular complexity index is 1070.